The van der Waals surface area contributed by atoms with Gasteiger partial charge in [0.2, 0.25) is 5.91 Å². The summed E-state index contributed by atoms with van der Waals surface area (Å²) in [5.41, 5.74) is 1.34. The van der Waals surface area contributed by atoms with E-state index >= 15 is 0 Å². The van der Waals surface area contributed by atoms with E-state index in [9.17, 15) is 24.3 Å². The SMILES string of the molecule is COC(=O)C1(c2ccc3c(c2)C(=O)N(C2CCC(=O)N(CO)C2=O)C3)CC1. The number of hydrogen-bond acceptors (Lipinski definition) is 6. The molecule has 8 nitrogen and oxygen atoms in total. The van der Waals surface area contributed by atoms with Crippen molar-refractivity contribution in [3.8, 4) is 0 Å². The van der Waals surface area contributed by atoms with Crippen LogP contribution in [0.25, 0.3) is 0 Å². The molecule has 1 N–H and O–H groups in total. The first-order chi connectivity index (χ1) is 12.9. The van der Waals surface area contributed by atoms with Crippen molar-refractivity contribution in [3.63, 3.8) is 0 Å². The minimum absolute atomic E-state index is 0.105. The van der Waals surface area contributed by atoms with E-state index in [1.165, 1.54) is 12.0 Å². The third kappa shape index (κ3) is 2.55. The van der Waals surface area contributed by atoms with E-state index in [4.69, 9.17) is 4.74 Å². The topological polar surface area (TPSA) is 104 Å². The molecule has 1 aromatic rings. The molecule has 3 aliphatic rings. The summed E-state index contributed by atoms with van der Waals surface area (Å²) >= 11 is 0. The van der Waals surface area contributed by atoms with Crippen LogP contribution in [0.15, 0.2) is 18.2 Å². The average molecular weight is 372 g/mol. The molecule has 2 fully saturated rings. The summed E-state index contributed by atoms with van der Waals surface area (Å²) in [4.78, 5) is 51.5. The zero-order valence-electron chi connectivity index (χ0n) is 14.9. The van der Waals surface area contributed by atoms with Gasteiger partial charge in [0, 0.05) is 18.5 Å². The summed E-state index contributed by atoms with van der Waals surface area (Å²) in [5, 5.41) is 9.28. The van der Waals surface area contributed by atoms with E-state index in [1.807, 2.05) is 12.1 Å². The quantitative estimate of drug-likeness (QED) is 0.603. The van der Waals surface area contributed by atoms with Gasteiger partial charge in [0.05, 0.1) is 12.5 Å². The maximum atomic E-state index is 12.9. The van der Waals surface area contributed by atoms with Crippen LogP contribution in [0.3, 0.4) is 0 Å². The van der Waals surface area contributed by atoms with Gasteiger partial charge in [-0.15, -0.1) is 0 Å². The fourth-order valence-corrected chi connectivity index (χ4v) is 4.06. The van der Waals surface area contributed by atoms with Gasteiger partial charge in [0.1, 0.15) is 12.8 Å². The molecule has 1 atom stereocenters. The molecule has 0 bridgehead atoms. The molecule has 2 heterocycles. The predicted molar refractivity (Wildman–Crippen MR) is 91.2 cm³/mol. The number of methoxy groups -OCH3 is 1. The smallest absolute Gasteiger partial charge is 0.316 e. The van der Waals surface area contributed by atoms with E-state index in [2.05, 4.69) is 0 Å². The van der Waals surface area contributed by atoms with Crippen molar-refractivity contribution in [3.05, 3.63) is 34.9 Å². The van der Waals surface area contributed by atoms with E-state index in [1.54, 1.807) is 6.07 Å². The van der Waals surface area contributed by atoms with E-state index in [0.717, 1.165) is 16.0 Å². The van der Waals surface area contributed by atoms with Crippen LogP contribution in [0.5, 0.6) is 0 Å². The fourth-order valence-electron chi connectivity index (χ4n) is 4.06. The second-order valence-electron chi connectivity index (χ2n) is 7.23. The number of esters is 1. The molecule has 8 heteroatoms. The second-order valence-corrected chi connectivity index (χ2v) is 7.23. The van der Waals surface area contributed by atoms with E-state index < -0.39 is 30.0 Å². The molecule has 4 rings (SSSR count). The zero-order valence-corrected chi connectivity index (χ0v) is 14.9. The van der Waals surface area contributed by atoms with Crippen molar-refractivity contribution in [2.24, 2.45) is 0 Å². The molecule has 0 radical (unpaired) electrons. The first-order valence-corrected chi connectivity index (χ1v) is 8.91. The molecular formula is C19H20N2O6. The number of aliphatic hydroxyl groups is 1. The summed E-state index contributed by atoms with van der Waals surface area (Å²) in [6, 6.07) is 4.61. The molecule has 1 aliphatic carbocycles. The Morgan fingerprint density at radius 1 is 1.30 bits per heavy atom. The van der Waals surface area contributed by atoms with Gasteiger partial charge < -0.3 is 14.7 Å². The number of ether oxygens (including phenoxy) is 1. The number of benzene rings is 1. The minimum atomic E-state index is -0.770. The standard InChI is InChI=1S/C19H20N2O6/c1-27-18(26)19(6-7-19)12-3-2-11-9-20(16(24)13(11)8-12)14-4-5-15(23)21(10-22)17(14)25/h2-3,8,14,22H,4-7,9-10H2,1H3. The molecule has 1 unspecified atom stereocenters. The maximum Gasteiger partial charge on any atom is 0.316 e. The molecule has 27 heavy (non-hydrogen) atoms. The number of carbonyl (C=O) groups is 4. The summed E-state index contributed by atoms with van der Waals surface area (Å²) < 4.78 is 4.90. The zero-order chi connectivity index (χ0) is 19.3. The van der Waals surface area contributed by atoms with Crippen LogP contribution >= 0.6 is 0 Å². The Labute approximate surface area is 155 Å². The first-order valence-electron chi connectivity index (χ1n) is 8.91. The lowest BCUT2D eigenvalue weighted by Crippen LogP contribution is -2.54. The number of imide groups is 1. The lowest BCUT2D eigenvalue weighted by Gasteiger charge is -2.34. The number of likely N-dealkylation sites (tertiary alicyclic amines) is 1. The molecule has 142 valence electrons. The predicted octanol–water partition coefficient (Wildman–Crippen LogP) is 0.314. The molecule has 2 aliphatic heterocycles. The summed E-state index contributed by atoms with van der Waals surface area (Å²) in [7, 11) is 1.35. The Bertz CT molecular complexity index is 860. The van der Waals surface area contributed by atoms with Crippen LogP contribution in [-0.4, -0.2) is 58.5 Å². The molecular weight excluding hydrogens is 352 g/mol. The summed E-state index contributed by atoms with van der Waals surface area (Å²) in [6.45, 7) is -0.418. The molecule has 1 saturated heterocycles. The molecule has 0 spiro atoms. The Morgan fingerprint density at radius 2 is 2.04 bits per heavy atom. The Morgan fingerprint density at radius 3 is 2.67 bits per heavy atom. The van der Waals surface area contributed by atoms with Gasteiger partial charge >= 0.3 is 5.97 Å². The number of nitrogens with zero attached hydrogens (tertiary/aromatic N) is 2. The van der Waals surface area contributed by atoms with Crippen molar-refractivity contribution in [1.82, 2.24) is 9.80 Å². The van der Waals surface area contributed by atoms with Gasteiger partial charge in [-0.2, -0.15) is 0 Å². The number of rotatable bonds is 4. The second kappa shape index (κ2) is 6.16. The van der Waals surface area contributed by atoms with Gasteiger partial charge in [0.15, 0.2) is 0 Å². The fraction of sp³-hybridized carbons (Fsp3) is 0.474. The van der Waals surface area contributed by atoms with Crippen LogP contribution in [0.2, 0.25) is 0 Å². The van der Waals surface area contributed by atoms with Crippen LogP contribution in [0.4, 0.5) is 0 Å². The third-order valence-corrected chi connectivity index (χ3v) is 5.82. The number of carbonyl (C=O) groups excluding carboxylic acids is 4. The highest BCUT2D eigenvalue weighted by Gasteiger charge is 2.53. The van der Waals surface area contributed by atoms with Gasteiger partial charge in [0.25, 0.3) is 11.8 Å². The molecule has 1 saturated carbocycles. The Kier molecular flexibility index (Phi) is 4.03. The van der Waals surface area contributed by atoms with Crippen LogP contribution in [0.1, 0.15) is 47.2 Å². The Hall–Kier alpha value is -2.74. The van der Waals surface area contributed by atoms with Crippen LogP contribution in [0, 0.1) is 0 Å². The van der Waals surface area contributed by atoms with Gasteiger partial charge in [-0.3, -0.25) is 24.1 Å². The van der Waals surface area contributed by atoms with Crippen LogP contribution < -0.4 is 0 Å². The van der Waals surface area contributed by atoms with Gasteiger partial charge in [-0.05, 0) is 36.5 Å². The summed E-state index contributed by atoms with van der Waals surface area (Å²) in [6.07, 6.45) is 1.72. The lowest BCUT2D eigenvalue weighted by molar-refractivity contribution is -0.156. The largest absolute Gasteiger partial charge is 0.468 e. The number of hydrogen-bond donors (Lipinski definition) is 1. The van der Waals surface area contributed by atoms with E-state index in [0.29, 0.717) is 18.4 Å². The summed E-state index contributed by atoms with van der Waals surface area (Å²) in [5.74, 6) is -1.58. The van der Waals surface area contributed by atoms with Crippen LogP contribution in [-0.2, 0) is 31.1 Å². The van der Waals surface area contributed by atoms with Crippen molar-refractivity contribution in [2.75, 3.05) is 13.8 Å². The lowest BCUT2D eigenvalue weighted by atomic mass is 9.93. The Balaban J connectivity index is 1.61. The number of piperidine rings is 1. The maximum absolute atomic E-state index is 12.9. The third-order valence-electron chi connectivity index (χ3n) is 5.82. The monoisotopic (exact) mass is 372 g/mol. The normalized spacial score (nSPS) is 23.5. The number of aliphatic hydroxyl groups excluding tert-OH is 1. The highest BCUT2D eigenvalue weighted by Crippen LogP contribution is 2.50. The van der Waals surface area contributed by atoms with E-state index in [-0.39, 0.29) is 31.3 Å². The molecule has 1 aromatic carbocycles. The highest BCUT2D eigenvalue weighted by atomic mass is 16.5. The molecule has 3 amide bonds. The number of amides is 3. The van der Waals surface area contributed by atoms with Crippen molar-refractivity contribution < 1.29 is 29.0 Å². The highest BCUT2D eigenvalue weighted by molar-refractivity contribution is 6.05. The minimum Gasteiger partial charge on any atom is -0.468 e. The first kappa shape index (κ1) is 17.7. The van der Waals surface area contributed by atoms with Gasteiger partial charge in [-0.1, -0.05) is 12.1 Å². The van der Waals surface area contributed by atoms with Gasteiger partial charge in [-0.25, -0.2) is 0 Å². The van der Waals surface area contributed by atoms with Crippen molar-refractivity contribution >= 4 is 23.7 Å². The van der Waals surface area contributed by atoms with Crippen molar-refractivity contribution in [1.29, 1.82) is 0 Å². The van der Waals surface area contributed by atoms with Crippen molar-refractivity contribution in [2.45, 2.75) is 43.7 Å². The number of fused-ring (bicyclic) bond motifs is 1. The average Bonchev–Trinajstić information content (AvgIpc) is 3.42. The molecule has 0 aromatic heterocycles.